The van der Waals surface area contributed by atoms with Gasteiger partial charge in [0.1, 0.15) is 11.7 Å². The van der Waals surface area contributed by atoms with Gasteiger partial charge in [0.05, 0.1) is 13.7 Å². The highest BCUT2D eigenvalue weighted by molar-refractivity contribution is 8.00. The fourth-order valence-corrected chi connectivity index (χ4v) is 3.59. The van der Waals surface area contributed by atoms with Crippen molar-refractivity contribution < 1.29 is 29.3 Å². The van der Waals surface area contributed by atoms with Crippen LogP contribution in [0.5, 0.6) is 0 Å². The van der Waals surface area contributed by atoms with Crippen LogP contribution in [0.25, 0.3) is 0 Å². The van der Waals surface area contributed by atoms with E-state index >= 15 is 0 Å². The van der Waals surface area contributed by atoms with Crippen LogP contribution >= 0.6 is 11.8 Å². The van der Waals surface area contributed by atoms with Crippen molar-refractivity contribution in [3.05, 3.63) is 35.4 Å². The Balaban J connectivity index is 2.08. The SMILES string of the molecule is COC(=O)C(NC(=O)c1ccc(C#CC#CC(O)CO)cc1)C1(OC)CSC1. The molecule has 1 amide bonds. The summed E-state index contributed by atoms with van der Waals surface area (Å²) in [5.74, 6) is 10.3. The summed E-state index contributed by atoms with van der Waals surface area (Å²) in [6, 6.07) is 5.55. The smallest absolute Gasteiger partial charge is 0.331 e. The predicted molar refractivity (Wildman–Crippen MR) is 105 cm³/mol. The summed E-state index contributed by atoms with van der Waals surface area (Å²) in [7, 11) is 2.78. The average molecular weight is 403 g/mol. The molecule has 3 N–H and O–H groups in total. The third-order valence-electron chi connectivity index (χ3n) is 4.17. The van der Waals surface area contributed by atoms with Crippen LogP contribution in [0.15, 0.2) is 24.3 Å². The minimum absolute atomic E-state index is 0.361. The van der Waals surface area contributed by atoms with Crippen LogP contribution in [0, 0.1) is 23.7 Å². The molecule has 7 nitrogen and oxygen atoms in total. The molecule has 1 fully saturated rings. The summed E-state index contributed by atoms with van der Waals surface area (Å²) in [6.45, 7) is -0.450. The van der Waals surface area contributed by atoms with Crippen LogP contribution in [-0.4, -0.2) is 72.2 Å². The standard InChI is InChI=1S/C20H21NO6S/c1-26-19(25)17(20(27-2)12-28-13-20)21-18(24)15-9-7-14(8-10-15)5-3-4-6-16(23)11-22/h7-10,16-17,22-23H,11-13H2,1-2H3,(H,21,24). The lowest BCUT2D eigenvalue weighted by molar-refractivity contribution is -0.150. The molecule has 0 bridgehead atoms. The molecule has 28 heavy (non-hydrogen) atoms. The number of rotatable bonds is 6. The van der Waals surface area contributed by atoms with Crippen LogP contribution in [0.4, 0.5) is 0 Å². The van der Waals surface area contributed by atoms with Crippen molar-refractivity contribution >= 4 is 23.6 Å². The first-order valence-electron chi connectivity index (χ1n) is 8.38. The molecule has 0 saturated carbocycles. The second-order valence-electron chi connectivity index (χ2n) is 5.99. The molecule has 1 heterocycles. The number of esters is 1. The Hall–Kier alpha value is -2.49. The van der Waals surface area contributed by atoms with E-state index in [2.05, 4.69) is 29.0 Å². The van der Waals surface area contributed by atoms with Gasteiger partial charge in [-0.05, 0) is 36.1 Å². The number of aliphatic hydroxyl groups excluding tert-OH is 2. The van der Waals surface area contributed by atoms with Gasteiger partial charge >= 0.3 is 5.97 Å². The van der Waals surface area contributed by atoms with Crippen molar-refractivity contribution in [2.75, 3.05) is 32.3 Å². The maximum absolute atomic E-state index is 12.6. The van der Waals surface area contributed by atoms with Gasteiger partial charge in [0.2, 0.25) is 0 Å². The van der Waals surface area contributed by atoms with Crippen molar-refractivity contribution in [1.29, 1.82) is 0 Å². The summed E-state index contributed by atoms with van der Waals surface area (Å²) < 4.78 is 10.3. The van der Waals surface area contributed by atoms with Crippen LogP contribution in [-0.2, 0) is 14.3 Å². The topological polar surface area (TPSA) is 105 Å². The van der Waals surface area contributed by atoms with Gasteiger partial charge in [-0.15, -0.1) is 0 Å². The predicted octanol–water partition coefficient (Wildman–Crippen LogP) is -0.202. The molecule has 1 saturated heterocycles. The molecule has 1 aliphatic rings. The molecule has 0 spiro atoms. The number of carbonyl (C=O) groups is 2. The second kappa shape index (κ2) is 10.2. The quantitative estimate of drug-likeness (QED) is 0.446. The number of carbonyl (C=O) groups excluding carboxylic acids is 2. The first-order chi connectivity index (χ1) is 13.5. The van der Waals surface area contributed by atoms with Gasteiger partial charge in [-0.3, -0.25) is 4.79 Å². The normalized spacial score (nSPS) is 16.1. The Morgan fingerprint density at radius 1 is 1.25 bits per heavy atom. The van der Waals surface area contributed by atoms with E-state index < -0.39 is 36.2 Å². The van der Waals surface area contributed by atoms with Crippen molar-refractivity contribution in [2.45, 2.75) is 17.7 Å². The average Bonchev–Trinajstić information content (AvgIpc) is 2.69. The first kappa shape index (κ1) is 21.8. The Bertz CT molecular complexity index is 821. The molecule has 2 unspecified atom stereocenters. The number of amides is 1. The van der Waals surface area contributed by atoms with Gasteiger partial charge in [0, 0.05) is 29.7 Å². The van der Waals surface area contributed by atoms with Crippen LogP contribution < -0.4 is 5.32 Å². The second-order valence-corrected chi connectivity index (χ2v) is 6.97. The summed E-state index contributed by atoms with van der Waals surface area (Å²) in [4.78, 5) is 24.7. The van der Waals surface area contributed by atoms with E-state index in [0.29, 0.717) is 22.6 Å². The van der Waals surface area contributed by atoms with Crippen LogP contribution in [0.2, 0.25) is 0 Å². The zero-order chi connectivity index (χ0) is 20.6. The molecule has 2 atom stereocenters. The van der Waals surface area contributed by atoms with E-state index in [1.54, 1.807) is 36.0 Å². The van der Waals surface area contributed by atoms with Crippen molar-refractivity contribution in [2.24, 2.45) is 0 Å². The maximum atomic E-state index is 12.6. The molecular formula is C20H21NO6S. The highest BCUT2D eigenvalue weighted by atomic mass is 32.2. The van der Waals surface area contributed by atoms with Gasteiger partial charge in [-0.2, -0.15) is 11.8 Å². The third-order valence-corrected chi connectivity index (χ3v) is 5.55. The third kappa shape index (κ3) is 5.28. The first-order valence-corrected chi connectivity index (χ1v) is 9.53. The Morgan fingerprint density at radius 2 is 1.93 bits per heavy atom. The highest BCUT2D eigenvalue weighted by Gasteiger charge is 2.50. The van der Waals surface area contributed by atoms with E-state index in [4.69, 9.17) is 19.7 Å². The monoisotopic (exact) mass is 403 g/mol. The van der Waals surface area contributed by atoms with Gasteiger partial charge in [0.15, 0.2) is 6.04 Å². The van der Waals surface area contributed by atoms with Crippen LogP contribution in [0.3, 0.4) is 0 Å². The van der Waals surface area contributed by atoms with Crippen molar-refractivity contribution in [1.82, 2.24) is 5.32 Å². The molecule has 0 aliphatic carbocycles. The highest BCUT2D eigenvalue weighted by Crippen LogP contribution is 2.36. The molecular weight excluding hydrogens is 382 g/mol. The van der Waals surface area contributed by atoms with Gasteiger partial charge in [0.25, 0.3) is 5.91 Å². The van der Waals surface area contributed by atoms with E-state index in [-0.39, 0.29) is 0 Å². The van der Waals surface area contributed by atoms with E-state index in [1.807, 2.05) is 0 Å². The number of ether oxygens (including phenoxy) is 2. The van der Waals surface area contributed by atoms with Gasteiger partial charge < -0.3 is 25.0 Å². The summed E-state index contributed by atoms with van der Waals surface area (Å²) in [5.41, 5.74) is 0.216. The molecule has 0 radical (unpaired) electrons. The Labute approximate surface area is 167 Å². The molecule has 1 aliphatic heterocycles. The number of hydrogen-bond donors (Lipinski definition) is 3. The lowest BCUT2D eigenvalue weighted by atomic mass is 9.96. The minimum Gasteiger partial charge on any atom is -0.467 e. The lowest BCUT2D eigenvalue weighted by Gasteiger charge is -2.44. The van der Waals surface area contributed by atoms with E-state index in [0.717, 1.165) is 0 Å². The number of thioether (sulfide) groups is 1. The zero-order valence-electron chi connectivity index (χ0n) is 15.5. The molecule has 1 aromatic rings. The molecule has 1 aromatic carbocycles. The Morgan fingerprint density at radius 3 is 2.43 bits per heavy atom. The number of hydrogen-bond acceptors (Lipinski definition) is 7. The van der Waals surface area contributed by atoms with Gasteiger partial charge in [-0.1, -0.05) is 11.8 Å². The van der Waals surface area contributed by atoms with Crippen LogP contribution in [0.1, 0.15) is 15.9 Å². The maximum Gasteiger partial charge on any atom is 0.331 e. The fourth-order valence-electron chi connectivity index (χ4n) is 2.42. The van der Waals surface area contributed by atoms with E-state index in [1.165, 1.54) is 14.2 Å². The lowest BCUT2D eigenvalue weighted by Crippen LogP contribution is -2.65. The molecule has 148 valence electrons. The largest absolute Gasteiger partial charge is 0.467 e. The minimum atomic E-state index is -1.12. The summed E-state index contributed by atoms with van der Waals surface area (Å²) >= 11 is 1.62. The Kier molecular flexibility index (Phi) is 7.91. The number of nitrogens with one attached hydrogen (secondary N) is 1. The number of methoxy groups -OCH3 is 2. The van der Waals surface area contributed by atoms with E-state index in [9.17, 15) is 9.59 Å². The molecule has 8 heteroatoms. The number of benzene rings is 1. The molecule has 0 aromatic heterocycles. The summed E-state index contributed by atoms with van der Waals surface area (Å²) in [5, 5.41) is 20.5. The van der Waals surface area contributed by atoms with Gasteiger partial charge in [-0.25, -0.2) is 4.79 Å². The van der Waals surface area contributed by atoms with Crippen molar-refractivity contribution in [3.8, 4) is 23.7 Å². The zero-order valence-corrected chi connectivity index (χ0v) is 16.3. The summed E-state index contributed by atoms with van der Waals surface area (Å²) in [6.07, 6.45) is -1.12. The fraction of sp³-hybridized carbons (Fsp3) is 0.400. The van der Waals surface area contributed by atoms with Crippen molar-refractivity contribution in [3.63, 3.8) is 0 Å². The molecule has 2 rings (SSSR count). The number of aliphatic hydroxyl groups is 2.